The van der Waals surface area contributed by atoms with Crippen LogP contribution in [0.25, 0.3) is 0 Å². The predicted molar refractivity (Wildman–Crippen MR) is 80.7 cm³/mol. The van der Waals surface area contributed by atoms with Gasteiger partial charge in [0.15, 0.2) is 0 Å². The summed E-state index contributed by atoms with van der Waals surface area (Å²) >= 11 is 0. The average molecular weight is 262 g/mol. The van der Waals surface area contributed by atoms with E-state index in [4.69, 9.17) is 4.74 Å². The van der Waals surface area contributed by atoms with Crippen LogP contribution in [0, 0.1) is 0 Å². The van der Waals surface area contributed by atoms with Crippen LogP contribution < -0.4 is 10.2 Å². The highest BCUT2D eigenvalue weighted by Gasteiger charge is 2.20. The van der Waals surface area contributed by atoms with Gasteiger partial charge in [0, 0.05) is 38.0 Å². The fourth-order valence-electron chi connectivity index (χ4n) is 2.28. The van der Waals surface area contributed by atoms with Gasteiger partial charge in [0.25, 0.3) is 0 Å². The summed E-state index contributed by atoms with van der Waals surface area (Å²) in [6.45, 7) is 8.81. The first kappa shape index (κ1) is 14.4. The lowest BCUT2D eigenvalue weighted by Gasteiger charge is -2.25. The fraction of sp³-hybridized carbons (Fsp3) is 0.625. The van der Waals surface area contributed by atoms with Crippen molar-refractivity contribution in [3.63, 3.8) is 0 Å². The molecule has 0 amide bonds. The summed E-state index contributed by atoms with van der Waals surface area (Å²) in [6, 6.07) is 9.46. The molecular weight excluding hydrogens is 236 g/mol. The Kier molecular flexibility index (Phi) is 5.67. The molecule has 19 heavy (non-hydrogen) atoms. The average Bonchev–Trinajstić information content (AvgIpc) is 3.26. The highest BCUT2D eigenvalue weighted by molar-refractivity contribution is 5.53. The number of nitrogens with one attached hydrogen (secondary N) is 1. The molecule has 0 bridgehead atoms. The Hall–Kier alpha value is -1.06. The van der Waals surface area contributed by atoms with Crippen LogP contribution in [0.5, 0.6) is 0 Å². The first-order valence-corrected chi connectivity index (χ1v) is 7.49. The Bertz CT molecular complexity index is 377. The van der Waals surface area contributed by atoms with E-state index < -0.39 is 0 Å². The third-order valence-corrected chi connectivity index (χ3v) is 3.58. The summed E-state index contributed by atoms with van der Waals surface area (Å²) in [6.07, 6.45) is 2.67. The Morgan fingerprint density at radius 1 is 1.26 bits per heavy atom. The third kappa shape index (κ3) is 4.51. The van der Waals surface area contributed by atoms with E-state index in [1.165, 1.54) is 24.1 Å². The monoisotopic (exact) mass is 262 g/mol. The topological polar surface area (TPSA) is 24.5 Å². The molecule has 0 spiro atoms. The highest BCUT2D eigenvalue weighted by Crippen LogP contribution is 2.23. The second kappa shape index (κ2) is 7.51. The maximum absolute atomic E-state index is 5.48. The number of hydrogen-bond acceptors (Lipinski definition) is 3. The Labute approximate surface area is 116 Å². The number of hydrogen-bond donors (Lipinski definition) is 1. The molecule has 3 heteroatoms. The van der Waals surface area contributed by atoms with Crippen molar-refractivity contribution in [1.29, 1.82) is 0 Å². The maximum atomic E-state index is 5.48. The molecule has 1 aromatic rings. The van der Waals surface area contributed by atoms with Crippen molar-refractivity contribution in [2.75, 3.05) is 31.2 Å². The molecule has 0 aliphatic heterocycles. The van der Waals surface area contributed by atoms with Crippen LogP contribution in [0.15, 0.2) is 24.3 Å². The zero-order valence-electron chi connectivity index (χ0n) is 12.2. The summed E-state index contributed by atoms with van der Waals surface area (Å²) in [4.78, 5) is 2.40. The summed E-state index contributed by atoms with van der Waals surface area (Å²) in [5.74, 6) is 0. The van der Waals surface area contributed by atoms with Crippen LogP contribution in [0.2, 0.25) is 0 Å². The highest BCUT2D eigenvalue weighted by atomic mass is 16.5. The second-order valence-corrected chi connectivity index (χ2v) is 5.06. The molecule has 1 aliphatic carbocycles. The zero-order chi connectivity index (χ0) is 13.5. The third-order valence-electron chi connectivity index (χ3n) is 3.58. The van der Waals surface area contributed by atoms with Gasteiger partial charge in [-0.2, -0.15) is 0 Å². The molecule has 0 radical (unpaired) electrons. The minimum absolute atomic E-state index is 0.756. The molecule has 0 atom stereocenters. The van der Waals surface area contributed by atoms with E-state index in [1.807, 2.05) is 6.92 Å². The SMILES string of the molecule is CCOCCN(CC)c1ccccc1CNC1CC1. The van der Waals surface area contributed by atoms with Crippen LogP contribution >= 0.6 is 0 Å². The van der Waals surface area contributed by atoms with E-state index in [9.17, 15) is 0 Å². The van der Waals surface area contributed by atoms with Crippen molar-refractivity contribution in [3.8, 4) is 0 Å². The van der Waals surface area contributed by atoms with Crippen LogP contribution in [-0.4, -0.2) is 32.3 Å². The van der Waals surface area contributed by atoms with Crippen molar-refractivity contribution in [2.24, 2.45) is 0 Å². The van der Waals surface area contributed by atoms with Crippen LogP contribution in [-0.2, 0) is 11.3 Å². The van der Waals surface area contributed by atoms with Crippen molar-refractivity contribution in [1.82, 2.24) is 5.32 Å². The lowest BCUT2D eigenvalue weighted by molar-refractivity contribution is 0.154. The Morgan fingerprint density at radius 3 is 2.74 bits per heavy atom. The van der Waals surface area contributed by atoms with Crippen LogP contribution in [0.3, 0.4) is 0 Å². The molecule has 2 rings (SSSR count). The van der Waals surface area contributed by atoms with Crippen molar-refractivity contribution < 1.29 is 4.74 Å². The molecule has 0 heterocycles. The van der Waals surface area contributed by atoms with E-state index in [0.717, 1.165) is 38.9 Å². The van der Waals surface area contributed by atoms with Gasteiger partial charge in [-0.25, -0.2) is 0 Å². The molecule has 0 aromatic heterocycles. The van der Waals surface area contributed by atoms with Gasteiger partial charge in [0.1, 0.15) is 0 Å². The molecule has 0 saturated heterocycles. The van der Waals surface area contributed by atoms with E-state index in [1.54, 1.807) is 0 Å². The standard InChI is InChI=1S/C16H26N2O/c1-3-18(11-12-19-4-2)16-8-6-5-7-14(16)13-17-15-9-10-15/h5-8,15,17H,3-4,9-13H2,1-2H3. The summed E-state index contributed by atoms with van der Waals surface area (Å²) in [5.41, 5.74) is 2.74. The lowest BCUT2D eigenvalue weighted by Crippen LogP contribution is -2.29. The van der Waals surface area contributed by atoms with Crippen LogP contribution in [0.4, 0.5) is 5.69 Å². The van der Waals surface area contributed by atoms with Gasteiger partial charge < -0.3 is 15.0 Å². The number of likely N-dealkylation sites (N-methyl/N-ethyl adjacent to an activating group) is 1. The number of nitrogens with zero attached hydrogens (tertiary/aromatic N) is 1. The van der Waals surface area contributed by atoms with Crippen LogP contribution in [0.1, 0.15) is 32.3 Å². The van der Waals surface area contributed by atoms with Gasteiger partial charge >= 0.3 is 0 Å². The van der Waals surface area contributed by atoms with E-state index in [0.29, 0.717) is 0 Å². The van der Waals surface area contributed by atoms with Gasteiger partial charge in [0.05, 0.1) is 6.61 Å². The van der Waals surface area contributed by atoms with Gasteiger partial charge in [0.2, 0.25) is 0 Å². The number of para-hydroxylation sites is 1. The Morgan fingerprint density at radius 2 is 2.05 bits per heavy atom. The number of rotatable bonds is 9. The van der Waals surface area contributed by atoms with Gasteiger partial charge in [-0.3, -0.25) is 0 Å². The molecule has 1 fully saturated rings. The number of anilines is 1. The van der Waals surface area contributed by atoms with E-state index in [-0.39, 0.29) is 0 Å². The van der Waals surface area contributed by atoms with E-state index in [2.05, 4.69) is 41.4 Å². The first-order chi connectivity index (χ1) is 9.35. The summed E-state index contributed by atoms with van der Waals surface area (Å²) in [7, 11) is 0. The molecule has 1 aliphatic rings. The quantitative estimate of drug-likeness (QED) is 0.693. The molecule has 3 nitrogen and oxygen atoms in total. The molecule has 1 saturated carbocycles. The van der Waals surface area contributed by atoms with Gasteiger partial charge in [-0.1, -0.05) is 18.2 Å². The van der Waals surface area contributed by atoms with Gasteiger partial charge in [-0.05, 0) is 38.3 Å². The van der Waals surface area contributed by atoms with Gasteiger partial charge in [-0.15, -0.1) is 0 Å². The normalized spacial score (nSPS) is 14.6. The Balaban J connectivity index is 1.97. The second-order valence-electron chi connectivity index (χ2n) is 5.06. The molecule has 0 unspecified atom stereocenters. The lowest BCUT2D eigenvalue weighted by atomic mass is 10.1. The molecule has 1 aromatic carbocycles. The number of ether oxygens (including phenoxy) is 1. The summed E-state index contributed by atoms with van der Waals surface area (Å²) < 4.78 is 5.48. The number of benzene rings is 1. The minimum Gasteiger partial charge on any atom is -0.380 e. The fourth-order valence-corrected chi connectivity index (χ4v) is 2.28. The largest absolute Gasteiger partial charge is 0.380 e. The van der Waals surface area contributed by atoms with Crippen molar-refractivity contribution >= 4 is 5.69 Å². The minimum atomic E-state index is 0.756. The molecular formula is C16H26N2O. The van der Waals surface area contributed by atoms with Crippen molar-refractivity contribution in [2.45, 2.75) is 39.3 Å². The maximum Gasteiger partial charge on any atom is 0.0641 e. The predicted octanol–water partition coefficient (Wildman–Crippen LogP) is 2.80. The summed E-state index contributed by atoms with van der Waals surface area (Å²) in [5, 5.41) is 3.60. The first-order valence-electron chi connectivity index (χ1n) is 7.49. The molecule has 106 valence electrons. The molecule has 1 N–H and O–H groups in total. The smallest absolute Gasteiger partial charge is 0.0641 e. The zero-order valence-corrected chi connectivity index (χ0v) is 12.2. The van der Waals surface area contributed by atoms with E-state index >= 15 is 0 Å². The van der Waals surface area contributed by atoms with Crippen molar-refractivity contribution in [3.05, 3.63) is 29.8 Å².